The number of carboxylic acid groups (broad SMARTS) is 1. The molecule has 0 aromatic carbocycles. The average Bonchev–Trinajstić information content (AvgIpc) is 2.95. The fraction of sp³-hybridized carbons (Fsp3) is 0.357. The Labute approximate surface area is 129 Å². The number of carboxylic acids is 1. The topological polar surface area (TPSA) is 136 Å². The Morgan fingerprint density at radius 3 is 2.74 bits per heavy atom. The minimum absolute atomic E-state index is 0.0380. The third-order valence-electron chi connectivity index (χ3n) is 3.95. The van der Waals surface area contributed by atoms with Gasteiger partial charge >= 0.3 is 11.7 Å². The molecule has 1 unspecified atom stereocenters. The van der Waals surface area contributed by atoms with Crippen LogP contribution >= 0.6 is 0 Å². The van der Waals surface area contributed by atoms with Gasteiger partial charge in [0.1, 0.15) is 11.3 Å². The summed E-state index contributed by atoms with van der Waals surface area (Å²) in [5.74, 6) is -1.93. The maximum Gasteiger partial charge on any atom is 0.327 e. The van der Waals surface area contributed by atoms with Crippen LogP contribution in [0.2, 0.25) is 0 Å². The van der Waals surface area contributed by atoms with Gasteiger partial charge in [0, 0.05) is 13.1 Å². The van der Waals surface area contributed by atoms with Gasteiger partial charge in [0.15, 0.2) is 0 Å². The summed E-state index contributed by atoms with van der Waals surface area (Å²) < 4.78 is 0. The van der Waals surface area contributed by atoms with Crippen molar-refractivity contribution < 1.29 is 14.7 Å². The van der Waals surface area contributed by atoms with E-state index >= 15 is 0 Å². The lowest BCUT2D eigenvalue weighted by Crippen LogP contribution is -2.31. The molecular weight excluding hydrogens is 304 g/mol. The molecule has 9 heteroatoms. The van der Waals surface area contributed by atoms with Crippen LogP contribution in [0.1, 0.15) is 22.5 Å². The van der Waals surface area contributed by atoms with Crippen molar-refractivity contribution in [1.82, 2.24) is 19.9 Å². The highest BCUT2D eigenvalue weighted by Gasteiger charge is 2.32. The minimum Gasteiger partial charge on any atom is -0.481 e. The summed E-state index contributed by atoms with van der Waals surface area (Å²) in [5.41, 5.74) is -0.658. The number of carbonyl (C=O) groups excluding carboxylic acids is 1. The van der Waals surface area contributed by atoms with Crippen LogP contribution in [0.25, 0.3) is 11.0 Å². The number of rotatable bonds is 2. The van der Waals surface area contributed by atoms with Crippen molar-refractivity contribution in [1.29, 1.82) is 0 Å². The van der Waals surface area contributed by atoms with E-state index in [-0.39, 0.29) is 23.3 Å². The third-order valence-corrected chi connectivity index (χ3v) is 3.95. The van der Waals surface area contributed by atoms with Crippen LogP contribution in [0.3, 0.4) is 0 Å². The van der Waals surface area contributed by atoms with Gasteiger partial charge in [-0.25, -0.2) is 9.78 Å². The quantitative estimate of drug-likeness (QED) is 0.680. The lowest BCUT2D eigenvalue weighted by atomic mass is 10.1. The van der Waals surface area contributed by atoms with Crippen molar-refractivity contribution in [2.24, 2.45) is 5.92 Å². The number of nitrogens with zero attached hydrogens (tertiary/aromatic N) is 2. The van der Waals surface area contributed by atoms with Crippen LogP contribution in [-0.4, -0.2) is 49.9 Å². The Morgan fingerprint density at radius 2 is 2.09 bits per heavy atom. The first kappa shape index (κ1) is 14.9. The van der Waals surface area contributed by atoms with Gasteiger partial charge in [-0.3, -0.25) is 24.4 Å². The molecule has 3 rings (SSSR count). The van der Waals surface area contributed by atoms with Gasteiger partial charge in [-0.05, 0) is 25.0 Å². The number of aliphatic carboxylic acids is 1. The molecule has 0 radical (unpaired) electrons. The van der Waals surface area contributed by atoms with Crippen LogP contribution in [0.5, 0.6) is 0 Å². The van der Waals surface area contributed by atoms with Gasteiger partial charge in [-0.15, -0.1) is 0 Å². The van der Waals surface area contributed by atoms with Crippen molar-refractivity contribution >= 4 is 22.9 Å². The second-order valence-electron chi connectivity index (χ2n) is 5.53. The number of fused-ring (bicyclic) bond motifs is 1. The molecule has 1 atom stereocenters. The Bertz CT molecular complexity index is 929. The number of H-pyrrole nitrogens is 2. The number of aryl methyl sites for hydroxylation is 1. The Hall–Kier alpha value is -2.97. The van der Waals surface area contributed by atoms with Gasteiger partial charge in [0.25, 0.3) is 11.5 Å². The molecule has 3 N–H and O–H groups in total. The monoisotopic (exact) mass is 318 g/mol. The number of hydrogen-bond donors (Lipinski definition) is 3. The van der Waals surface area contributed by atoms with E-state index < -0.39 is 29.0 Å². The maximum atomic E-state index is 12.5. The van der Waals surface area contributed by atoms with Gasteiger partial charge in [-0.1, -0.05) is 0 Å². The minimum atomic E-state index is -0.932. The molecule has 0 spiro atoms. The largest absolute Gasteiger partial charge is 0.481 e. The van der Waals surface area contributed by atoms with Gasteiger partial charge in [0.05, 0.1) is 11.3 Å². The van der Waals surface area contributed by atoms with Crippen molar-refractivity contribution in [3.05, 3.63) is 38.2 Å². The highest BCUT2D eigenvalue weighted by atomic mass is 16.4. The molecular formula is C14H14N4O5. The molecule has 1 aliphatic heterocycles. The highest BCUT2D eigenvalue weighted by Crippen LogP contribution is 2.19. The number of aromatic amines is 2. The van der Waals surface area contributed by atoms with E-state index in [0.717, 1.165) is 0 Å². The smallest absolute Gasteiger partial charge is 0.327 e. The standard InChI is InChI=1S/C14H14N4O5/c1-6-4-8(12(20)18-3-2-7(5-18)13(21)22)15-10-9(6)11(19)17-14(23)16-10/h4,7H,2-3,5H2,1H3,(H,21,22)(H2,15,16,17,19,23). The van der Waals surface area contributed by atoms with Crippen LogP contribution < -0.4 is 11.2 Å². The van der Waals surface area contributed by atoms with Crippen molar-refractivity contribution in [3.8, 4) is 0 Å². The number of nitrogens with one attached hydrogen (secondary N) is 2. The average molecular weight is 318 g/mol. The molecule has 1 saturated heterocycles. The Balaban J connectivity index is 2.01. The molecule has 23 heavy (non-hydrogen) atoms. The Kier molecular flexibility index (Phi) is 3.47. The van der Waals surface area contributed by atoms with Gasteiger partial charge in [-0.2, -0.15) is 0 Å². The van der Waals surface area contributed by atoms with Crippen LogP contribution in [-0.2, 0) is 4.79 Å². The van der Waals surface area contributed by atoms with E-state index in [1.54, 1.807) is 6.92 Å². The molecule has 1 fully saturated rings. The van der Waals surface area contributed by atoms with E-state index in [4.69, 9.17) is 5.11 Å². The highest BCUT2D eigenvalue weighted by molar-refractivity contribution is 5.95. The van der Waals surface area contributed by atoms with E-state index in [9.17, 15) is 19.2 Å². The molecule has 2 aromatic heterocycles. The predicted octanol–water partition coefficient (Wildman–Crippen LogP) is -0.533. The summed E-state index contributed by atoms with van der Waals surface area (Å²) in [7, 11) is 0. The molecule has 0 bridgehead atoms. The number of pyridine rings is 1. The summed E-state index contributed by atoms with van der Waals surface area (Å²) in [6, 6.07) is 1.46. The van der Waals surface area contributed by atoms with Crippen molar-refractivity contribution in [2.75, 3.05) is 13.1 Å². The lowest BCUT2D eigenvalue weighted by Gasteiger charge is -2.15. The summed E-state index contributed by atoms with van der Waals surface area (Å²) in [5, 5.41) is 9.21. The molecule has 0 aliphatic carbocycles. The van der Waals surface area contributed by atoms with Crippen molar-refractivity contribution in [3.63, 3.8) is 0 Å². The molecule has 1 aliphatic rings. The molecule has 120 valence electrons. The first-order valence-corrected chi connectivity index (χ1v) is 7.03. The summed E-state index contributed by atoms with van der Waals surface area (Å²) in [6.07, 6.45) is 0.393. The fourth-order valence-electron chi connectivity index (χ4n) is 2.77. The van der Waals surface area contributed by atoms with E-state index in [1.807, 2.05) is 0 Å². The molecule has 1 amide bonds. The summed E-state index contributed by atoms with van der Waals surface area (Å²) >= 11 is 0. The van der Waals surface area contributed by atoms with Crippen LogP contribution in [0.15, 0.2) is 15.7 Å². The second-order valence-corrected chi connectivity index (χ2v) is 5.53. The SMILES string of the molecule is Cc1cc(C(=O)N2CCC(C(=O)O)C2)nc2[nH]c(=O)[nH]c(=O)c12. The zero-order valence-electron chi connectivity index (χ0n) is 12.3. The van der Waals surface area contributed by atoms with Crippen molar-refractivity contribution in [2.45, 2.75) is 13.3 Å². The molecule has 0 saturated carbocycles. The Morgan fingerprint density at radius 1 is 1.35 bits per heavy atom. The number of aromatic nitrogens is 3. The zero-order chi connectivity index (χ0) is 16.7. The van der Waals surface area contributed by atoms with E-state index in [0.29, 0.717) is 18.5 Å². The number of hydrogen-bond acceptors (Lipinski definition) is 5. The zero-order valence-corrected chi connectivity index (χ0v) is 12.3. The normalized spacial score (nSPS) is 17.6. The van der Waals surface area contributed by atoms with E-state index in [2.05, 4.69) is 15.0 Å². The number of amides is 1. The lowest BCUT2D eigenvalue weighted by molar-refractivity contribution is -0.141. The fourth-order valence-corrected chi connectivity index (χ4v) is 2.77. The van der Waals surface area contributed by atoms with Gasteiger partial charge < -0.3 is 10.0 Å². The van der Waals surface area contributed by atoms with Gasteiger partial charge in [0.2, 0.25) is 0 Å². The number of likely N-dealkylation sites (tertiary alicyclic amines) is 1. The van der Waals surface area contributed by atoms with Crippen LogP contribution in [0, 0.1) is 12.8 Å². The number of carbonyl (C=O) groups is 2. The first-order chi connectivity index (χ1) is 10.9. The third kappa shape index (κ3) is 2.60. The molecule has 2 aromatic rings. The summed E-state index contributed by atoms with van der Waals surface area (Å²) in [6.45, 7) is 2.09. The maximum absolute atomic E-state index is 12.5. The second kappa shape index (κ2) is 5.34. The predicted molar refractivity (Wildman–Crippen MR) is 79.4 cm³/mol. The van der Waals surface area contributed by atoms with E-state index in [1.165, 1.54) is 11.0 Å². The van der Waals surface area contributed by atoms with Crippen LogP contribution in [0.4, 0.5) is 0 Å². The summed E-state index contributed by atoms with van der Waals surface area (Å²) in [4.78, 5) is 56.6. The molecule has 3 heterocycles. The first-order valence-electron chi connectivity index (χ1n) is 7.03. The molecule has 9 nitrogen and oxygen atoms in total.